The number of aryl methyl sites for hydroxylation is 2. The van der Waals surface area contributed by atoms with Gasteiger partial charge in [-0.25, -0.2) is 8.78 Å². The molecule has 4 aromatic carbocycles. The summed E-state index contributed by atoms with van der Waals surface area (Å²) in [6, 6.07) is 29.9. The van der Waals surface area contributed by atoms with Crippen LogP contribution in [0.1, 0.15) is 43.0 Å². The Balaban J connectivity index is 0.000000159. The number of hydrogen-bond donors (Lipinski definition) is 2. The molecule has 2 amide bonds. The maximum atomic E-state index is 15.7. The minimum atomic E-state index is -2.89. The van der Waals surface area contributed by atoms with Gasteiger partial charge in [-0.1, -0.05) is 121 Å². The normalized spacial score (nSPS) is 19.3. The topological polar surface area (TPSA) is 92.3 Å². The van der Waals surface area contributed by atoms with Gasteiger partial charge < -0.3 is 10.6 Å². The van der Waals surface area contributed by atoms with E-state index in [-0.39, 0.29) is 32.8 Å². The summed E-state index contributed by atoms with van der Waals surface area (Å²) in [5.41, 5.74) is -1.72. The van der Waals surface area contributed by atoms with Crippen LogP contribution in [-0.4, -0.2) is 23.4 Å². The molecule has 4 heterocycles. The van der Waals surface area contributed by atoms with Gasteiger partial charge in [-0.05, 0) is 36.1 Å². The van der Waals surface area contributed by atoms with Crippen molar-refractivity contribution < 1.29 is 32.3 Å². The molecule has 0 spiro atoms. The highest BCUT2D eigenvalue weighted by Crippen LogP contribution is 2.48. The number of alkyl halides is 2. The van der Waals surface area contributed by atoms with E-state index in [0.29, 0.717) is 27.5 Å². The first kappa shape index (κ1) is 33.8. The van der Waals surface area contributed by atoms with Crippen LogP contribution in [-0.2, 0) is 20.9 Å². The molecular weight excluding hydrogens is 694 g/mol. The average molecular weight is 721 g/mol. The third-order valence-corrected chi connectivity index (χ3v) is 10.8. The standard InChI is InChI=1S/C20H13F2NO2S.C20H14FNO2S/c1-11-7-5-6-10-13(11)14-15-16(24)20(22,12-8-3-2-4-9-12)19(25)23-18(15)26-17(14)21;1-12-7-5-6-10-14(12)15-11-25-18-16(15)17(23)20(21,19(24)22-18)13-8-3-2-4-9-13/h2-10H,1H3,(H,23,25);2-11H,1H3,(H,22,24). The molecule has 6 nitrogen and oxygen atoms in total. The van der Waals surface area contributed by atoms with E-state index in [9.17, 15) is 23.6 Å². The van der Waals surface area contributed by atoms with Crippen LogP contribution in [0, 0.1) is 19.0 Å². The number of Topliss-reactive ketones (excluding diaryl/α,β-unsaturated/α-hetero) is 2. The van der Waals surface area contributed by atoms with Crippen LogP contribution in [0.25, 0.3) is 22.3 Å². The molecule has 2 aromatic heterocycles. The van der Waals surface area contributed by atoms with E-state index in [2.05, 4.69) is 10.6 Å². The van der Waals surface area contributed by atoms with Crippen molar-refractivity contribution in [2.24, 2.45) is 0 Å². The highest BCUT2D eigenvalue weighted by molar-refractivity contribution is 7.16. The summed E-state index contributed by atoms with van der Waals surface area (Å²) in [6.07, 6.45) is 0. The first-order chi connectivity index (χ1) is 24.5. The van der Waals surface area contributed by atoms with Crippen molar-refractivity contribution in [1.29, 1.82) is 0 Å². The quantitative estimate of drug-likeness (QED) is 0.178. The molecule has 0 bridgehead atoms. The summed E-state index contributed by atoms with van der Waals surface area (Å²) in [5, 5.41) is 6.55. The summed E-state index contributed by atoms with van der Waals surface area (Å²) >= 11 is 1.88. The first-order valence-electron chi connectivity index (χ1n) is 15.7. The molecule has 2 atom stereocenters. The summed E-state index contributed by atoms with van der Waals surface area (Å²) in [5.74, 6) is -3.88. The number of hydrogen-bond acceptors (Lipinski definition) is 6. The molecule has 0 fully saturated rings. The fourth-order valence-corrected chi connectivity index (χ4v) is 8.23. The number of fused-ring (bicyclic) bond motifs is 2. The van der Waals surface area contributed by atoms with Gasteiger partial charge in [-0.2, -0.15) is 4.39 Å². The molecule has 0 radical (unpaired) electrons. The van der Waals surface area contributed by atoms with Crippen LogP contribution in [0.3, 0.4) is 0 Å². The zero-order valence-electron chi connectivity index (χ0n) is 27.1. The van der Waals surface area contributed by atoms with Gasteiger partial charge in [0.1, 0.15) is 10.0 Å². The van der Waals surface area contributed by atoms with Gasteiger partial charge in [0.2, 0.25) is 11.6 Å². The van der Waals surface area contributed by atoms with Crippen LogP contribution in [0.15, 0.2) is 115 Å². The van der Waals surface area contributed by atoms with Crippen molar-refractivity contribution in [3.63, 3.8) is 0 Å². The fraction of sp³-hybridized carbons (Fsp3) is 0.100. The monoisotopic (exact) mass is 720 g/mol. The molecule has 2 aliphatic rings. The summed E-state index contributed by atoms with van der Waals surface area (Å²) in [4.78, 5) is 51.0. The SMILES string of the molecule is Cc1ccccc1-c1c(F)sc2c1C(=O)C(F)(c1ccccc1)C(=O)N2.Cc1ccccc1-c1csc2c1C(=O)C(F)(c1ccccc1)C(=O)N2. The number of rotatable bonds is 4. The molecule has 2 unspecified atom stereocenters. The third-order valence-electron chi connectivity index (χ3n) is 9.01. The Morgan fingerprint density at radius 3 is 1.51 bits per heavy atom. The van der Waals surface area contributed by atoms with Gasteiger partial charge >= 0.3 is 0 Å². The molecule has 8 rings (SSSR count). The molecule has 11 heteroatoms. The lowest BCUT2D eigenvalue weighted by Crippen LogP contribution is -2.47. The molecule has 0 aliphatic carbocycles. The van der Waals surface area contributed by atoms with Gasteiger partial charge in [-0.15, -0.1) is 11.3 Å². The number of halogens is 3. The number of carbonyl (C=O) groups excluding carboxylic acids is 4. The lowest BCUT2D eigenvalue weighted by molar-refractivity contribution is -0.126. The van der Waals surface area contributed by atoms with E-state index in [1.165, 1.54) is 35.6 Å². The first-order valence-corrected chi connectivity index (χ1v) is 17.4. The Kier molecular flexibility index (Phi) is 8.56. The van der Waals surface area contributed by atoms with Crippen LogP contribution in [0.2, 0.25) is 0 Å². The maximum Gasteiger partial charge on any atom is 0.275 e. The molecular formula is C40H27F3N2O4S2. The van der Waals surface area contributed by atoms with Crippen molar-refractivity contribution in [3.05, 3.63) is 153 Å². The number of benzene rings is 4. The van der Waals surface area contributed by atoms with Crippen LogP contribution >= 0.6 is 22.7 Å². The zero-order chi connectivity index (χ0) is 36.1. The van der Waals surface area contributed by atoms with Crippen LogP contribution in [0.5, 0.6) is 0 Å². The van der Waals surface area contributed by atoms with Gasteiger partial charge in [0.25, 0.3) is 23.2 Å². The minimum Gasteiger partial charge on any atom is -0.314 e. The number of nitrogens with one attached hydrogen (secondary N) is 2. The van der Waals surface area contributed by atoms with Crippen molar-refractivity contribution in [3.8, 4) is 22.3 Å². The van der Waals surface area contributed by atoms with E-state index >= 15 is 8.78 Å². The highest BCUT2D eigenvalue weighted by Gasteiger charge is 2.55. The Bertz CT molecular complexity index is 2370. The lowest BCUT2D eigenvalue weighted by atomic mass is 9.82. The molecule has 51 heavy (non-hydrogen) atoms. The predicted molar refractivity (Wildman–Crippen MR) is 193 cm³/mol. The second kappa shape index (κ2) is 12.9. The van der Waals surface area contributed by atoms with E-state index in [1.54, 1.807) is 73.0 Å². The minimum absolute atomic E-state index is 0.0334. The lowest BCUT2D eigenvalue weighted by Gasteiger charge is -2.28. The fourth-order valence-electron chi connectivity index (χ4n) is 6.34. The Morgan fingerprint density at radius 1 is 0.529 bits per heavy atom. The Labute approximate surface area is 298 Å². The predicted octanol–water partition coefficient (Wildman–Crippen LogP) is 9.59. The zero-order valence-corrected chi connectivity index (χ0v) is 28.7. The average Bonchev–Trinajstić information content (AvgIpc) is 3.71. The van der Waals surface area contributed by atoms with Crippen molar-refractivity contribution >= 4 is 56.1 Å². The molecule has 2 N–H and O–H groups in total. The van der Waals surface area contributed by atoms with E-state index in [1.807, 2.05) is 31.2 Å². The number of anilines is 2. The van der Waals surface area contributed by atoms with Crippen molar-refractivity contribution in [1.82, 2.24) is 0 Å². The van der Waals surface area contributed by atoms with Crippen LogP contribution < -0.4 is 10.6 Å². The smallest absolute Gasteiger partial charge is 0.275 e. The molecule has 0 saturated carbocycles. The van der Waals surface area contributed by atoms with E-state index in [4.69, 9.17) is 0 Å². The Morgan fingerprint density at radius 2 is 0.980 bits per heavy atom. The van der Waals surface area contributed by atoms with E-state index < -0.39 is 39.8 Å². The van der Waals surface area contributed by atoms with Crippen molar-refractivity contribution in [2.45, 2.75) is 25.2 Å². The molecule has 6 aromatic rings. The third kappa shape index (κ3) is 5.40. The summed E-state index contributed by atoms with van der Waals surface area (Å²) < 4.78 is 46.1. The second-order valence-corrected chi connectivity index (χ2v) is 13.9. The van der Waals surface area contributed by atoms with Gasteiger partial charge in [0.05, 0.1) is 11.1 Å². The maximum absolute atomic E-state index is 15.7. The van der Waals surface area contributed by atoms with Gasteiger partial charge in [-0.3, -0.25) is 19.2 Å². The molecule has 2 aliphatic heterocycles. The largest absolute Gasteiger partial charge is 0.314 e. The van der Waals surface area contributed by atoms with Gasteiger partial charge in [0, 0.05) is 27.6 Å². The summed E-state index contributed by atoms with van der Waals surface area (Å²) in [6.45, 7) is 3.72. The Hall–Kier alpha value is -5.65. The second-order valence-electron chi connectivity index (χ2n) is 12.1. The van der Waals surface area contributed by atoms with Crippen molar-refractivity contribution in [2.75, 3.05) is 10.6 Å². The molecule has 254 valence electrons. The van der Waals surface area contributed by atoms with Crippen LogP contribution in [0.4, 0.5) is 23.2 Å². The number of thiophene rings is 2. The van der Waals surface area contributed by atoms with E-state index in [0.717, 1.165) is 16.7 Å². The number of carbonyl (C=O) groups is 4. The molecule has 0 saturated heterocycles. The highest BCUT2D eigenvalue weighted by atomic mass is 32.1. The number of ketones is 2. The van der Waals surface area contributed by atoms with Gasteiger partial charge in [0.15, 0.2) is 5.13 Å². The number of amides is 2. The summed E-state index contributed by atoms with van der Waals surface area (Å²) in [7, 11) is 0.